The van der Waals surface area contributed by atoms with Gasteiger partial charge in [0.2, 0.25) is 11.8 Å². The van der Waals surface area contributed by atoms with Crippen molar-refractivity contribution in [2.75, 3.05) is 24.2 Å². The Morgan fingerprint density at radius 1 is 1.20 bits per heavy atom. The van der Waals surface area contributed by atoms with Crippen LogP contribution in [0.1, 0.15) is 12.0 Å². The molecular weight excluding hydrogens is 332 g/mol. The highest BCUT2D eigenvalue weighted by molar-refractivity contribution is 7.98. The van der Waals surface area contributed by atoms with Gasteiger partial charge >= 0.3 is 0 Å². The van der Waals surface area contributed by atoms with E-state index in [-0.39, 0.29) is 24.2 Å². The van der Waals surface area contributed by atoms with E-state index in [4.69, 9.17) is 0 Å². The molecule has 0 saturated carbocycles. The van der Waals surface area contributed by atoms with E-state index in [2.05, 4.69) is 5.32 Å². The van der Waals surface area contributed by atoms with Crippen LogP contribution >= 0.6 is 11.8 Å². The standard InChI is InChI=1S/C20H22N2O2S/c1-25-18-9-5-8-17(13-18)22-14-16(12-19(22)23)20(24)21-11-10-15-6-3-2-4-7-15/h2-9,13,16H,10-12,14H2,1H3,(H,21,24). The molecule has 0 spiro atoms. The van der Waals surface area contributed by atoms with E-state index in [1.165, 1.54) is 5.56 Å². The van der Waals surface area contributed by atoms with Crippen LogP contribution in [0.3, 0.4) is 0 Å². The topological polar surface area (TPSA) is 49.4 Å². The van der Waals surface area contributed by atoms with E-state index in [1.807, 2.05) is 60.9 Å². The van der Waals surface area contributed by atoms with Crippen molar-refractivity contribution < 1.29 is 9.59 Å². The minimum absolute atomic E-state index is 0.0152. The third-order valence-electron chi connectivity index (χ3n) is 4.42. The maximum Gasteiger partial charge on any atom is 0.227 e. The monoisotopic (exact) mass is 354 g/mol. The molecule has 1 aliphatic heterocycles. The van der Waals surface area contributed by atoms with Crippen LogP contribution in [0.2, 0.25) is 0 Å². The van der Waals surface area contributed by atoms with Gasteiger partial charge < -0.3 is 10.2 Å². The third kappa shape index (κ3) is 4.42. The molecule has 1 atom stereocenters. The van der Waals surface area contributed by atoms with Gasteiger partial charge in [0.15, 0.2) is 0 Å². The molecular formula is C20H22N2O2S. The molecule has 3 rings (SSSR count). The van der Waals surface area contributed by atoms with Crippen molar-refractivity contribution >= 4 is 29.3 Å². The highest BCUT2D eigenvalue weighted by atomic mass is 32.2. The van der Waals surface area contributed by atoms with Gasteiger partial charge in [-0.2, -0.15) is 0 Å². The van der Waals surface area contributed by atoms with Crippen LogP contribution < -0.4 is 10.2 Å². The summed E-state index contributed by atoms with van der Waals surface area (Å²) in [5.74, 6) is -0.296. The van der Waals surface area contributed by atoms with Crippen LogP contribution in [0.5, 0.6) is 0 Å². The molecule has 2 aromatic rings. The number of rotatable bonds is 6. The second-order valence-corrected chi connectivity index (χ2v) is 7.01. The van der Waals surface area contributed by atoms with E-state index in [0.717, 1.165) is 17.0 Å². The number of thioether (sulfide) groups is 1. The lowest BCUT2D eigenvalue weighted by Crippen LogP contribution is -2.34. The average molecular weight is 354 g/mol. The van der Waals surface area contributed by atoms with Gasteiger partial charge in [-0.15, -0.1) is 11.8 Å². The SMILES string of the molecule is CSc1cccc(N2CC(C(=O)NCCc3ccccc3)CC2=O)c1. The Morgan fingerprint density at radius 2 is 2.00 bits per heavy atom. The second-order valence-electron chi connectivity index (χ2n) is 6.13. The third-order valence-corrected chi connectivity index (χ3v) is 5.14. The molecule has 1 fully saturated rings. The summed E-state index contributed by atoms with van der Waals surface area (Å²) in [7, 11) is 0. The molecule has 0 aromatic heterocycles. The zero-order valence-electron chi connectivity index (χ0n) is 14.3. The normalized spacial score (nSPS) is 16.9. The van der Waals surface area contributed by atoms with Gasteiger partial charge in [-0.25, -0.2) is 0 Å². The molecule has 1 aliphatic rings. The predicted octanol–water partition coefficient (Wildman–Crippen LogP) is 3.12. The first kappa shape index (κ1) is 17.5. The number of carbonyl (C=O) groups is 2. The number of nitrogens with zero attached hydrogens (tertiary/aromatic N) is 1. The molecule has 25 heavy (non-hydrogen) atoms. The van der Waals surface area contributed by atoms with E-state index in [9.17, 15) is 9.59 Å². The average Bonchev–Trinajstić information content (AvgIpc) is 3.04. The van der Waals surface area contributed by atoms with Crippen molar-refractivity contribution in [2.45, 2.75) is 17.7 Å². The number of amides is 2. The number of anilines is 1. The first-order valence-electron chi connectivity index (χ1n) is 8.43. The van der Waals surface area contributed by atoms with Crippen molar-refractivity contribution in [3.05, 3.63) is 60.2 Å². The Balaban J connectivity index is 1.55. The van der Waals surface area contributed by atoms with E-state index < -0.39 is 0 Å². The van der Waals surface area contributed by atoms with Gasteiger partial charge in [0.1, 0.15) is 0 Å². The molecule has 130 valence electrons. The maximum absolute atomic E-state index is 12.4. The molecule has 5 heteroatoms. The van der Waals surface area contributed by atoms with Gasteiger partial charge in [0, 0.05) is 30.1 Å². The van der Waals surface area contributed by atoms with Gasteiger partial charge in [0.05, 0.1) is 5.92 Å². The smallest absolute Gasteiger partial charge is 0.227 e. The molecule has 1 unspecified atom stereocenters. The van der Waals surface area contributed by atoms with Gasteiger partial charge in [0.25, 0.3) is 0 Å². The molecule has 0 radical (unpaired) electrons. The Morgan fingerprint density at radius 3 is 2.76 bits per heavy atom. The fraction of sp³-hybridized carbons (Fsp3) is 0.300. The van der Waals surface area contributed by atoms with Gasteiger partial charge in [-0.3, -0.25) is 9.59 Å². The van der Waals surface area contributed by atoms with Gasteiger partial charge in [-0.1, -0.05) is 36.4 Å². The lowest BCUT2D eigenvalue weighted by Gasteiger charge is -2.17. The van der Waals surface area contributed by atoms with Crippen LogP contribution in [-0.4, -0.2) is 31.2 Å². The summed E-state index contributed by atoms with van der Waals surface area (Å²) < 4.78 is 0. The number of benzene rings is 2. The highest BCUT2D eigenvalue weighted by Crippen LogP contribution is 2.28. The molecule has 0 aliphatic carbocycles. The number of carbonyl (C=O) groups excluding carboxylic acids is 2. The summed E-state index contributed by atoms with van der Waals surface area (Å²) in [4.78, 5) is 27.5. The largest absolute Gasteiger partial charge is 0.355 e. The molecule has 2 amide bonds. The van der Waals surface area contributed by atoms with Crippen molar-refractivity contribution in [1.82, 2.24) is 5.32 Å². The van der Waals surface area contributed by atoms with E-state index >= 15 is 0 Å². The zero-order valence-corrected chi connectivity index (χ0v) is 15.1. The Bertz CT molecular complexity index is 748. The highest BCUT2D eigenvalue weighted by Gasteiger charge is 2.34. The molecule has 1 N–H and O–H groups in total. The van der Waals surface area contributed by atoms with Crippen LogP contribution in [0, 0.1) is 5.92 Å². The fourth-order valence-electron chi connectivity index (χ4n) is 3.03. The Kier molecular flexibility index (Phi) is 5.76. The van der Waals surface area contributed by atoms with Gasteiger partial charge in [-0.05, 0) is 36.4 Å². The van der Waals surface area contributed by atoms with Crippen LogP contribution in [0.25, 0.3) is 0 Å². The van der Waals surface area contributed by atoms with Crippen molar-refractivity contribution in [3.63, 3.8) is 0 Å². The molecule has 4 nitrogen and oxygen atoms in total. The summed E-state index contributed by atoms with van der Waals surface area (Å²) >= 11 is 1.64. The van der Waals surface area contributed by atoms with Crippen LogP contribution in [0.4, 0.5) is 5.69 Å². The Hall–Kier alpha value is -2.27. The Labute approximate surface area is 152 Å². The second kappa shape index (κ2) is 8.21. The minimum atomic E-state index is -0.277. The van der Waals surface area contributed by atoms with E-state index in [0.29, 0.717) is 13.1 Å². The fourth-order valence-corrected chi connectivity index (χ4v) is 3.48. The zero-order chi connectivity index (χ0) is 17.6. The number of hydrogen-bond donors (Lipinski definition) is 1. The summed E-state index contributed by atoms with van der Waals surface area (Å²) in [5, 5.41) is 2.97. The summed E-state index contributed by atoms with van der Waals surface area (Å²) in [6, 6.07) is 17.9. The molecule has 1 saturated heterocycles. The molecule has 2 aromatic carbocycles. The number of nitrogens with one attached hydrogen (secondary N) is 1. The van der Waals surface area contributed by atoms with Crippen molar-refractivity contribution in [3.8, 4) is 0 Å². The minimum Gasteiger partial charge on any atom is -0.355 e. The molecule has 0 bridgehead atoms. The molecule has 1 heterocycles. The maximum atomic E-state index is 12.4. The first-order chi connectivity index (χ1) is 12.2. The quantitative estimate of drug-likeness (QED) is 0.811. The van der Waals surface area contributed by atoms with Crippen LogP contribution in [-0.2, 0) is 16.0 Å². The first-order valence-corrected chi connectivity index (χ1v) is 9.66. The summed E-state index contributed by atoms with van der Waals surface area (Å²) in [5.41, 5.74) is 2.07. The van der Waals surface area contributed by atoms with Crippen LogP contribution in [0.15, 0.2) is 59.5 Å². The number of hydrogen-bond acceptors (Lipinski definition) is 3. The lowest BCUT2D eigenvalue weighted by atomic mass is 10.1. The van der Waals surface area contributed by atoms with E-state index in [1.54, 1.807) is 16.7 Å². The lowest BCUT2D eigenvalue weighted by molar-refractivity contribution is -0.126. The summed E-state index contributed by atoms with van der Waals surface area (Å²) in [6.07, 6.45) is 3.08. The van der Waals surface area contributed by atoms with Crippen molar-refractivity contribution in [2.24, 2.45) is 5.92 Å². The summed E-state index contributed by atoms with van der Waals surface area (Å²) in [6.45, 7) is 1.04. The predicted molar refractivity (Wildman–Crippen MR) is 102 cm³/mol. The van der Waals surface area contributed by atoms with Crippen molar-refractivity contribution in [1.29, 1.82) is 0 Å².